The van der Waals surface area contributed by atoms with E-state index in [1.165, 1.54) is 11.3 Å². The number of carbonyl (C=O) groups is 2. The number of rotatable bonds is 1. The van der Waals surface area contributed by atoms with E-state index in [4.69, 9.17) is 0 Å². The summed E-state index contributed by atoms with van der Waals surface area (Å²) >= 11 is 0. The molecule has 17 heavy (non-hydrogen) atoms. The van der Waals surface area contributed by atoms with Gasteiger partial charge in [0.1, 0.15) is 0 Å². The normalized spacial score (nSPS) is 30.7. The topological polar surface area (TPSA) is 37.4 Å². The highest BCUT2D eigenvalue weighted by Crippen LogP contribution is 2.53. The minimum absolute atomic E-state index is 0.0862. The molecule has 0 unspecified atom stereocenters. The summed E-state index contributed by atoms with van der Waals surface area (Å²) in [5.41, 5.74) is 1.16. The second kappa shape index (κ2) is 2.97. The third-order valence-electron chi connectivity index (χ3n) is 4.41. The first-order valence-electron chi connectivity index (χ1n) is 6.22. The van der Waals surface area contributed by atoms with Crippen LogP contribution in [0.25, 0.3) is 0 Å². The van der Waals surface area contributed by atoms with E-state index in [9.17, 15) is 9.59 Å². The van der Waals surface area contributed by atoms with Gasteiger partial charge in [-0.3, -0.25) is 14.5 Å². The number of benzene rings is 1. The summed E-state index contributed by atoms with van der Waals surface area (Å²) in [4.78, 5) is 26.0. The second-order valence-electron chi connectivity index (χ2n) is 5.41. The van der Waals surface area contributed by atoms with E-state index in [2.05, 4.69) is 0 Å². The molecule has 2 saturated carbocycles. The van der Waals surface area contributed by atoms with Gasteiger partial charge in [-0.05, 0) is 43.2 Å². The molecule has 1 aromatic rings. The predicted octanol–water partition coefficient (Wildman–Crippen LogP) is 2.08. The molecule has 2 amide bonds. The Hall–Kier alpha value is -1.64. The van der Waals surface area contributed by atoms with Crippen LogP contribution in [0.2, 0.25) is 0 Å². The molecule has 0 radical (unpaired) electrons. The fourth-order valence-electron chi connectivity index (χ4n) is 3.43. The lowest BCUT2D eigenvalue weighted by Crippen LogP contribution is -2.38. The molecule has 2 fully saturated rings. The molecule has 2 atom stereocenters. The van der Waals surface area contributed by atoms with Gasteiger partial charge in [0, 0.05) is 6.04 Å². The molecule has 0 saturated heterocycles. The van der Waals surface area contributed by atoms with Crippen molar-refractivity contribution in [3.05, 3.63) is 35.4 Å². The fourth-order valence-corrected chi connectivity index (χ4v) is 3.43. The Bertz CT molecular complexity index is 492. The van der Waals surface area contributed by atoms with Crippen molar-refractivity contribution in [1.82, 2.24) is 4.90 Å². The summed E-state index contributed by atoms with van der Waals surface area (Å²) in [7, 11) is 0. The number of hydrogen-bond donors (Lipinski definition) is 0. The lowest BCUT2D eigenvalue weighted by Gasteiger charge is -2.23. The van der Waals surface area contributed by atoms with Crippen LogP contribution in [0.5, 0.6) is 0 Å². The second-order valence-corrected chi connectivity index (χ2v) is 5.41. The standard InChI is InChI=1S/C14H13NO2/c16-13-11-3-1-2-4-12(11)14(17)15(13)10-6-8-5-9(8)7-10/h1-4,8-10H,5-7H2/t8-,9-/m1/s1. The van der Waals surface area contributed by atoms with Crippen LogP contribution < -0.4 is 0 Å². The molecule has 86 valence electrons. The molecule has 0 N–H and O–H groups in total. The summed E-state index contributed by atoms with van der Waals surface area (Å²) < 4.78 is 0. The van der Waals surface area contributed by atoms with Gasteiger partial charge in [0.2, 0.25) is 0 Å². The molecule has 0 aromatic heterocycles. The van der Waals surface area contributed by atoms with Crippen LogP contribution >= 0.6 is 0 Å². The first-order valence-corrected chi connectivity index (χ1v) is 6.22. The number of amides is 2. The Morgan fingerprint density at radius 1 is 0.882 bits per heavy atom. The van der Waals surface area contributed by atoms with E-state index in [1.807, 2.05) is 12.1 Å². The Morgan fingerprint density at radius 3 is 1.94 bits per heavy atom. The van der Waals surface area contributed by atoms with Gasteiger partial charge in [0.05, 0.1) is 11.1 Å². The minimum atomic E-state index is -0.0862. The summed E-state index contributed by atoms with van der Waals surface area (Å²) in [6.07, 6.45) is 3.35. The molecular formula is C14H13NO2. The van der Waals surface area contributed by atoms with E-state index >= 15 is 0 Å². The van der Waals surface area contributed by atoms with Crippen molar-refractivity contribution in [2.75, 3.05) is 0 Å². The lowest BCUT2D eigenvalue weighted by molar-refractivity contribution is 0.0578. The van der Waals surface area contributed by atoms with Gasteiger partial charge in [-0.2, -0.15) is 0 Å². The maximum absolute atomic E-state index is 12.2. The van der Waals surface area contributed by atoms with Crippen molar-refractivity contribution in [2.24, 2.45) is 11.8 Å². The third kappa shape index (κ3) is 1.17. The lowest BCUT2D eigenvalue weighted by atomic mass is 10.1. The van der Waals surface area contributed by atoms with Crippen LogP contribution in [-0.2, 0) is 0 Å². The maximum Gasteiger partial charge on any atom is 0.261 e. The number of carbonyl (C=O) groups excluding carboxylic acids is 2. The molecule has 4 rings (SSSR count). The zero-order valence-electron chi connectivity index (χ0n) is 9.43. The number of nitrogens with zero attached hydrogens (tertiary/aromatic N) is 1. The van der Waals surface area contributed by atoms with Crippen molar-refractivity contribution in [3.8, 4) is 0 Å². The molecule has 1 aliphatic heterocycles. The summed E-state index contributed by atoms with van der Waals surface area (Å²) in [6, 6.07) is 7.31. The van der Waals surface area contributed by atoms with E-state index < -0.39 is 0 Å². The van der Waals surface area contributed by atoms with Crippen LogP contribution in [0.4, 0.5) is 0 Å². The molecular weight excluding hydrogens is 214 g/mol. The predicted molar refractivity (Wildman–Crippen MR) is 61.6 cm³/mol. The minimum Gasteiger partial charge on any atom is -0.271 e. The van der Waals surface area contributed by atoms with Gasteiger partial charge in [-0.1, -0.05) is 12.1 Å². The van der Waals surface area contributed by atoms with Crippen molar-refractivity contribution < 1.29 is 9.59 Å². The molecule has 0 spiro atoms. The highest BCUT2D eigenvalue weighted by atomic mass is 16.2. The first kappa shape index (κ1) is 9.40. The third-order valence-corrected chi connectivity index (χ3v) is 4.41. The van der Waals surface area contributed by atoms with Gasteiger partial charge in [-0.15, -0.1) is 0 Å². The van der Waals surface area contributed by atoms with Gasteiger partial charge in [0.15, 0.2) is 0 Å². The van der Waals surface area contributed by atoms with Crippen molar-refractivity contribution in [2.45, 2.75) is 25.3 Å². The first-order chi connectivity index (χ1) is 8.25. The fraction of sp³-hybridized carbons (Fsp3) is 0.429. The van der Waals surface area contributed by atoms with Crippen LogP contribution in [0.15, 0.2) is 24.3 Å². The molecule has 1 aromatic carbocycles. The van der Waals surface area contributed by atoms with E-state index in [1.54, 1.807) is 12.1 Å². The van der Waals surface area contributed by atoms with E-state index in [-0.39, 0.29) is 17.9 Å². The van der Waals surface area contributed by atoms with Crippen LogP contribution in [0.3, 0.4) is 0 Å². The van der Waals surface area contributed by atoms with Crippen molar-refractivity contribution >= 4 is 11.8 Å². The average Bonchev–Trinajstić information content (AvgIpc) is 2.87. The molecule has 2 aliphatic carbocycles. The zero-order valence-corrected chi connectivity index (χ0v) is 9.43. The van der Waals surface area contributed by atoms with E-state index in [0.717, 1.165) is 24.7 Å². The number of imide groups is 1. The van der Waals surface area contributed by atoms with Gasteiger partial charge in [0.25, 0.3) is 11.8 Å². The summed E-state index contributed by atoms with van der Waals surface area (Å²) in [5.74, 6) is 1.39. The SMILES string of the molecule is O=C1c2ccccc2C(=O)N1C1C[C@H]2C[C@@H]2C1. The van der Waals surface area contributed by atoms with Gasteiger partial charge < -0.3 is 0 Å². The monoisotopic (exact) mass is 227 g/mol. The smallest absolute Gasteiger partial charge is 0.261 e. The Labute approximate surface area is 99.4 Å². The quantitative estimate of drug-likeness (QED) is 0.689. The Kier molecular flexibility index (Phi) is 1.64. The van der Waals surface area contributed by atoms with E-state index in [0.29, 0.717) is 11.1 Å². The van der Waals surface area contributed by atoms with Crippen molar-refractivity contribution in [1.29, 1.82) is 0 Å². The van der Waals surface area contributed by atoms with Crippen LogP contribution in [0, 0.1) is 11.8 Å². The summed E-state index contributed by atoms with van der Waals surface area (Å²) in [5, 5.41) is 0. The molecule has 3 nitrogen and oxygen atoms in total. The van der Waals surface area contributed by atoms with Crippen molar-refractivity contribution in [3.63, 3.8) is 0 Å². The Balaban J connectivity index is 1.71. The highest BCUT2D eigenvalue weighted by molar-refractivity contribution is 6.21. The number of hydrogen-bond acceptors (Lipinski definition) is 2. The van der Waals surface area contributed by atoms with Gasteiger partial charge in [-0.25, -0.2) is 0 Å². The molecule has 3 aliphatic rings. The Morgan fingerprint density at radius 2 is 1.41 bits per heavy atom. The highest BCUT2D eigenvalue weighted by Gasteiger charge is 2.51. The largest absolute Gasteiger partial charge is 0.271 e. The molecule has 1 heterocycles. The van der Waals surface area contributed by atoms with Crippen LogP contribution in [0.1, 0.15) is 40.0 Å². The zero-order chi connectivity index (χ0) is 11.6. The number of fused-ring (bicyclic) bond motifs is 2. The van der Waals surface area contributed by atoms with Crippen LogP contribution in [-0.4, -0.2) is 22.8 Å². The van der Waals surface area contributed by atoms with Gasteiger partial charge >= 0.3 is 0 Å². The summed E-state index contributed by atoms with van der Waals surface area (Å²) in [6.45, 7) is 0. The average molecular weight is 227 g/mol. The molecule has 0 bridgehead atoms. The maximum atomic E-state index is 12.2. The molecule has 3 heteroatoms.